The first-order valence-electron chi connectivity index (χ1n) is 7.10. The molecule has 110 valence electrons. The van der Waals surface area contributed by atoms with E-state index in [1.165, 1.54) is 23.4 Å². The summed E-state index contributed by atoms with van der Waals surface area (Å²) in [6, 6.07) is 15.0. The van der Waals surface area contributed by atoms with Gasteiger partial charge in [-0.3, -0.25) is 9.59 Å². The predicted molar refractivity (Wildman–Crippen MR) is 89.2 cm³/mol. The summed E-state index contributed by atoms with van der Waals surface area (Å²) in [7, 11) is 0. The van der Waals surface area contributed by atoms with E-state index in [-0.39, 0.29) is 11.7 Å². The van der Waals surface area contributed by atoms with E-state index in [1.807, 2.05) is 36.4 Å². The Kier molecular flexibility index (Phi) is 4.11. The van der Waals surface area contributed by atoms with Crippen LogP contribution in [0.25, 0.3) is 0 Å². The van der Waals surface area contributed by atoms with Gasteiger partial charge in [0.25, 0.3) is 5.91 Å². The lowest BCUT2D eigenvalue weighted by atomic mass is 10.1. The molecule has 0 fully saturated rings. The molecule has 0 aromatic heterocycles. The van der Waals surface area contributed by atoms with Gasteiger partial charge in [0, 0.05) is 16.5 Å². The van der Waals surface area contributed by atoms with E-state index in [4.69, 9.17) is 0 Å². The van der Waals surface area contributed by atoms with Gasteiger partial charge >= 0.3 is 0 Å². The lowest BCUT2D eigenvalue weighted by Crippen LogP contribution is -2.18. The van der Waals surface area contributed by atoms with E-state index in [9.17, 15) is 9.59 Å². The minimum atomic E-state index is -0.234. The van der Waals surface area contributed by atoms with Gasteiger partial charge in [-0.1, -0.05) is 55.1 Å². The van der Waals surface area contributed by atoms with Crippen LogP contribution in [-0.2, 0) is 11.2 Å². The molecule has 0 unspecified atom stereocenters. The summed E-state index contributed by atoms with van der Waals surface area (Å²) in [6.45, 7) is 2.07. The third-order valence-corrected chi connectivity index (χ3v) is 4.59. The van der Waals surface area contributed by atoms with Crippen LogP contribution in [0.1, 0.15) is 22.8 Å². The monoisotopic (exact) mass is 309 g/mol. The summed E-state index contributed by atoms with van der Waals surface area (Å²) < 4.78 is 0. The normalized spacial score (nSPS) is 15.3. The minimum Gasteiger partial charge on any atom is -0.320 e. The Morgan fingerprint density at radius 1 is 1.14 bits per heavy atom. The summed E-state index contributed by atoms with van der Waals surface area (Å²) in [5.41, 5.74) is 2.56. The molecule has 0 spiro atoms. The number of fused-ring (bicyclic) bond motifs is 1. The number of thioether (sulfide) groups is 1. The van der Waals surface area contributed by atoms with E-state index in [2.05, 4.69) is 12.2 Å². The second kappa shape index (κ2) is 6.20. The molecule has 3 nitrogen and oxygen atoms in total. The number of carbonyl (C=O) groups is 2. The van der Waals surface area contributed by atoms with Gasteiger partial charge in [-0.15, -0.1) is 0 Å². The van der Waals surface area contributed by atoms with Crippen LogP contribution in [0.3, 0.4) is 0 Å². The minimum absolute atomic E-state index is 0.153. The molecule has 1 amide bonds. The van der Waals surface area contributed by atoms with Crippen LogP contribution in [0.4, 0.5) is 5.69 Å². The van der Waals surface area contributed by atoms with Gasteiger partial charge < -0.3 is 5.32 Å². The molecule has 0 atom stereocenters. The van der Waals surface area contributed by atoms with Crippen molar-refractivity contribution in [2.45, 2.75) is 18.2 Å². The molecule has 0 aliphatic carbocycles. The van der Waals surface area contributed by atoms with E-state index < -0.39 is 0 Å². The maximum atomic E-state index is 12.3. The third-order valence-electron chi connectivity index (χ3n) is 3.49. The van der Waals surface area contributed by atoms with Crippen molar-refractivity contribution in [3.05, 3.63) is 70.6 Å². The molecule has 1 aliphatic rings. The van der Waals surface area contributed by atoms with Crippen LogP contribution >= 0.6 is 11.8 Å². The summed E-state index contributed by atoms with van der Waals surface area (Å²) >= 11 is 1.32. The van der Waals surface area contributed by atoms with E-state index in [1.54, 1.807) is 12.1 Å². The second-order valence-corrected chi connectivity index (χ2v) is 6.06. The second-order valence-electron chi connectivity index (χ2n) is 4.98. The van der Waals surface area contributed by atoms with Crippen LogP contribution in [0.15, 0.2) is 64.4 Å². The SMILES string of the molecule is CCc1ccc(C(=O)C=C2Sc3ccccc3NC2=O)cc1. The number of hydrogen-bond donors (Lipinski definition) is 1. The molecular weight excluding hydrogens is 294 g/mol. The zero-order chi connectivity index (χ0) is 15.5. The number of ketones is 1. The van der Waals surface area contributed by atoms with Crippen molar-refractivity contribution in [1.29, 1.82) is 0 Å². The molecule has 0 radical (unpaired) electrons. The fourth-order valence-corrected chi connectivity index (χ4v) is 3.13. The number of carbonyl (C=O) groups excluding carboxylic acids is 2. The van der Waals surface area contributed by atoms with Crippen molar-refractivity contribution in [3.8, 4) is 0 Å². The van der Waals surface area contributed by atoms with E-state index in [0.29, 0.717) is 10.5 Å². The lowest BCUT2D eigenvalue weighted by Gasteiger charge is -2.17. The molecule has 2 aromatic rings. The number of benzene rings is 2. The van der Waals surface area contributed by atoms with Gasteiger partial charge in [-0.2, -0.15) is 0 Å². The van der Waals surface area contributed by atoms with Gasteiger partial charge in [0.1, 0.15) is 0 Å². The Labute approximate surface area is 133 Å². The first kappa shape index (κ1) is 14.6. The maximum Gasteiger partial charge on any atom is 0.262 e. The molecular formula is C18H15NO2S. The average Bonchev–Trinajstić information content (AvgIpc) is 2.55. The highest BCUT2D eigenvalue weighted by Gasteiger charge is 2.21. The largest absolute Gasteiger partial charge is 0.320 e. The smallest absolute Gasteiger partial charge is 0.262 e. The van der Waals surface area contributed by atoms with Gasteiger partial charge in [0.15, 0.2) is 5.78 Å². The number of aryl methyl sites for hydroxylation is 1. The van der Waals surface area contributed by atoms with Crippen molar-refractivity contribution in [2.24, 2.45) is 0 Å². The van der Waals surface area contributed by atoms with Crippen molar-refractivity contribution in [1.82, 2.24) is 0 Å². The lowest BCUT2D eigenvalue weighted by molar-refractivity contribution is -0.112. The van der Waals surface area contributed by atoms with Crippen LogP contribution in [-0.4, -0.2) is 11.7 Å². The molecule has 0 saturated heterocycles. The first-order chi connectivity index (χ1) is 10.7. The Balaban J connectivity index is 1.85. The number of para-hydroxylation sites is 1. The Morgan fingerprint density at radius 2 is 1.86 bits per heavy atom. The van der Waals surface area contributed by atoms with E-state index in [0.717, 1.165) is 17.0 Å². The number of anilines is 1. The number of nitrogens with one attached hydrogen (secondary N) is 1. The molecule has 0 saturated carbocycles. The number of rotatable bonds is 3. The fourth-order valence-electron chi connectivity index (χ4n) is 2.21. The summed E-state index contributed by atoms with van der Waals surface area (Å²) in [5, 5.41) is 2.80. The number of hydrogen-bond acceptors (Lipinski definition) is 3. The molecule has 4 heteroatoms. The fraction of sp³-hybridized carbons (Fsp3) is 0.111. The van der Waals surface area contributed by atoms with Crippen molar-refractivity contribution in [3.63, 3.8) is 0 Å². The molecule has 1 aliphatic heterocycles. The quantitative estimate of drug-likeness (QED) is 0.687. The summed E-state index contributed by atoms with van der Waals surface area (Å²) in [6.07, 6.45) is 2.35. The van der Waals surface area contributed by atoms with Crippen LogP contribution in [0.5, 0.6) is 0 Å². The summed E-state index contributed by atoms with van der Waals surface area (Å²) in [5.74, 6) is -0.387. The average molecular weight is 309 g/mol. The zero-order valence-corrected chi connectivity index (χ0v) is 12.9. The highest BCUT2D eigenvalue weighted by molar-refractivity contribution is 8.04. The predicted octanol–water partition coefficient (Wildman–Crippen LogP) is 4.06. The Hall–Kier alpha value is -2.33. The van der Waals surface area contributed by atoms with Gasteiger partial charge in [0.05, 0.1) is 10.6 Å². The molecule has 0 bridgehead atoms. The van der Waals surface area contributed by atoms with Gasteiger partial charge in [-0.25, -0.2) is 0 Å². The first-order valence-corrected chi connectivity index (χ1v) is 7.92. The van der Waals surface area contributed by atoms with E-state index >= 15 is 0 Å². The van der Waals surface area contributed by atoms with Crippen LogP contribution < -0.4 is 5.32 Å². The Bertz CT molecular complexity index is 763. The molecule has 1 N–H and O–H groups in total. The molecule has 2 aromatic carbocycles. The standard InChI is InChI=1S/C18H15NO2S/c1-2-12-7-9-13(10-8-12)15(20)11-17-18(21)19-14-5-3-4-6-16(14)22-17/h3-11H,2H2,1H3,(H,19,21). The highest BCUT2D eigenvalue weighted by atomic mass is 32.2. The highest BCUT2D eigenvalue weighted by Crippen LogP contribution is 2.37. The van der Waals surface area contributed by atoms with Crippen molar-refractivity contribution in [2.75, 3.05) is 5.32 Å². The topological polar surface area (TPSA) is 46.2 Å². The molecule has 1 heterocycles. The van der Waals surface area contributed by atoms with Gasteiger partial charge in [-0.05, 0) is 24.1 Å². The molecule has 22 heavy (non-hydrogen) atoms. The van der Waals surface area contributed by atoms with Crippen molar-refractivity contribution < 1.29 is 9.59 Å². The maximum absolute atomic E-state index is 12.3. The number of amides is 1. The van der Waals surface area contributed by atoms with Crippen molar-refractivity contribution >= 4 is 29.1 Å². The van der Waals surface area contributed by atoms with Crippen LogP contribution in [0, 0.1) is 0 Å². The number of allylic oxidation sites excluding steroid dienone is 1. The third kappa shape index (κ3) is 2.97. The van der Waals surface area contributed by atoms with Gasteiger partial charge in [0.2, 0.25) is 0 Å². The molecule has 3 rings (SSSR count). The van der Waals surface area contributed by atoms with Crippen LogP contribution in [0.2, 0.25) is 0 Å². The Morgan fingerprint density at radius 3 is 2.59 bits per heavy atom. The summed E-state index contributed by atoms with van der Waals surface area (Å²) in [4.78, 5) is 25.7. The zero-order valence-electron chi connectivity index (χ0n) is 12.1.